The molecule has 0 bridgehead atoms. The molecule has 0 aromatic heterocycles. The smallest absolute Gasteiger partial charge is 0.410 e. The summed E-state index contributed by atoms with van der Waals surface area (Å²) in [7, 11) is 6.02. The number of anilines is 1. The third kappa shape index (κ3) is 22.7. The molecule has 3 aliphatic rings. The van der Waals surface area contributed by atoms with Crippen molar-refractivity contribution in [2.45, 2.75) is 199 Å². The molecule has 100 heavy (non-hydrogen) atoms. The Morgan fingerprint density at radius 3 is 1.95 bits per heavy atom. The van der Waals surface area contributed by atoms with E-state index in [0.29, 0.717) is 43.4 Å². The first-order valence-electron chi connectivity index (χ1n) is 34.3. The number of aliphatic hydroxyl groups excluding tert-OH is 1. The maximum atomic E-state index is 14.8. The molecule has 30 heteroatoms. The van der Waals surface area contributed by atoms with Crippen molar-refractivity contribution < 1.29 is 86.8 Å². The van der Waals surface area contributed by atoms with E-state index in [4.69, 9.17) is 19.9 Å². The van der Waals surface area contributed by atoms with E-state index in [0.717, 1.165) is 22.0 Å². The fraction of sp³-hybridized carbons (Fsp3) is 0.614. The lowest BCUT2D eigenvalue weighted by Gasteiger charge is -2.41. The minimum absolute atomic E-state index is 0.0139. The molecular weight excluding hydrogens is 1300 g/mol. The molecule has 0 saturated carbocycles. The number of amides is 13. The van der Waals surface area contributed by atoms with Crippen LogP contribution in [0, 0.1) is 23.7 Å². The molecule has 2 aromatic rings. The fourth-order valence-electron chi connectivity index (χ4n) is 13.1. The molecular formula is C70H104N12O18. The third-order valence-corrected chi connectivity index (χ3v) is 18.8. The summed E-state index contributed by atoms with van der Waals surface area (Å²) in [4.78, 5) is 180. The van der Waals surface area contributed by atoms with Crippen LogP contribution in [0.4, 0.5) is 15.3 Å². The summed E-state index contributed by atoms with van der Waals surface area (Å²) >= 11 is 0. The molecule has 13 atom stereocenters. The molecule has 3 aliphatic heterocycles. The Morgan fingerprint density at radius 2 is 1.36 bits per heavy atom. The van der Waals surface area contributed by atoms with Gasteiger partial charge in [0.25, 0.3) is 11.8 Å². The maximum Gasteiger partial charge on any atom is 0.410 e. The van der Waals surface area contributed by atoms with E-state index in [-0.39, 0.29) is 88.2 Å². The molecule has 3 heterocycles. The molecule has 552 valence electrons. The molecule has 2 fully saturated rings. The number of likely N-dealkylation sites (tertiary alicyclic amines) is 2. The van der Waals surface area contributed by atoms with Crippen LogP contribution in [-0.4, -0.2) is 227 Å². The van der Waals surface area contributed by atoms with Gasteiger partial charge in [0, 0.05) is 85.2 Å². The van der Waals surface area contributed by atoms with Crippen molar-refractivity contribution in [3.63, 3.8) is 0 Å². The van der Waals surface area contributed by atoms with Crippen LogP contribution in [0.2, 0.25) is 0 Å². The zero-order chi connectivity index (χ0) is 74.2. The minimum Gasteiger partial charge on any atom is -0.481 e. The number of carbonyl (C=O) groups is 13. The van der Waals surface area contributed by atoms with Crippen LogP contribution in [0.5, 0.6) is 0 Å². The van der Waals surface area contributed by atoms with Crippen molar-refractivity contribution in [3.05, 3.63) is 77.9 Å². The number of nitrogens with zero attached hydrogens (tertiary/aromatic N) is 5. The van der Waals surface area contributed by atoms with Gasteiger partial charge in [-0.2, -0.15) is 0 Å². The number of methoxy groups -OCH3 is 2. The van der Waals surface area contributed by atoms with E-state index < -0.39 is 156 Å². The van der Waals surface area contributed by atoms with Crippen LogP contribution in [-0.2, 0) is 73.6 Å². The Kier molecular flexibility index (Phi) is 31.9. The van der Waals surface area contributed by atoms with Gasteiger partial charge in [-0.3, -0.25) is 62.5 Å². The number of aliphatic hydroxyl groups is 1. The summed E-state index contributed by atoms with van der Waals surface area (Å²) in [5, 5.41) is 36.7. The number of hydrogen-bond acceptors (Lipinski definition) is 17. The Labute approximate surface area is 584 Å². The van der Waals surface area contributed by atoms with Gasteiger partial charge < -0.3 is 76.8 Å². The number of nitrogens with one attached hydrogen (secondary N) is 6. The van der Waals surface area contributed by atoms with Crippen molar-refractivity contribution in [2.75, 3.05) is 59.8 Å². The number of imide groups is 1. The van der Waals surface area contributed by atoms with Crippen molar-refractivity contribution >= 4 is 82.9 Å². The number of benzene rings is 2. The van der Waals surface area contributed by atoms with Crippen LogP contribution in [0.15, 0.2) is 66.7 Å². The molecule has 0 radical (unpaired) electrons. The quantitative estimate of drug-likeness (QED) is 0.0344. The second-order valence-electron chi connectivity index (χ2n) is 26.7. The number of hydrogen-bond donors (Lipinski definition) is 9. The Bertz CT molecular complexity index is 3190. The minimum atomic E-state index is -1.39. The van der Waals surface area contributed by atoms with Crippen LogP contribution in [0.3, 0.4) is 0 Å². The number of carbonyl (C=O) groups excluding carboxylic acids is 12. The van der Waals surface area contributed by atoms with Gasteiger partial charge in [0.2, 0.25) is 47.3 Å². The van der Waals surface area contributed by atoms with Gasteiger partial charge in [-0.15, -0.1) is 0 Å². The lowest BCUT2D eigenvalue weighted by atomic mass is 9.89. The predicted molar refractivity (Wildman–Crippen MR) is 366 cm³/mol. The molecule has 0 aliphatic carbocycles. The second-order valence-corrected chi connectivity index (χ2v) is 26.7. The summed E-state index contributed by atoms with van der Waals surface area (Å²) < 4.78 is 17.7. The predicted octanol–water partition coefficient (Wildman–Crippen LogP) is 3.11. The number of carboxylic acids is 1. The maximum absolute atomic E-state index is 14.8. The number of likely N-dealkylation sites (N-methyl/N-ethyl adjacent to an activating group) is 2. The summed E-state index contributed by atoms with van der Waals surface area (Å²) in [6.07, 6.45) is -0.0424. The summed E-state index contributed by atoms with van der Waals surface area (Å²) in [6.45, 7) is 14.4. The first-order chi connectivity index (χ1) is 47.3. The van der Waals surface area contributed by atoms with Gasteiger partial charge in [-0.05, 0) is 92.9 Å². The molecule has 2 saturated heterocycles. The monoisotopic (exact) mass is 1400 g/mol. The van der Waals surface area contributed by atoms with Crippen molar-refractivity contribution in [3.8, 4) is 0 Å². The van der Waals surface area contributed by atoms with Gasteiger partial charge >= 0.3 is 18.1 Å². The van der Waals surface area contributed by atoms with E-state index in [9.17, 15) is 72.5 Å². The highest BCUT2D eigenvalue weighted by atomic mass is 16.6. The molecule has 10 N–H and O–H groups in total. The van der Waals surface area contributed by atoms with Crippen molar-refractivity contribution in [1.82, 2.24) is 51.1 Å². The number of aliphatic carboxylic acids is 1. The zero-order valence-electron chi connectivity index (χ0n) is 59.6. The van der Waals surface area contributed by atoms with Gasteiger partial charge in [-0.1, -0.05) is 97.4 Å². The number of urea groups is 1. The first kappa shape index (κ1) is 81.6. The summed E-state index contributed by atoms with van der Waals surface area (Å²) in [5.41, 5.74) is 6.65. The standard InChI is InChI=1S/C70H104N12O18/c1-13-42(6)60(52(98-11)38-56(86)80-35-18-23-50(80)62(99-12)43(7)63(90)73-44(8)61(89)46-20-15-14-16-21-46)78(9)68(95)58(40(2)3)77-66(93)59(41(4)5)79(10)70(97)100-39-45-25-27-47(28-26-45)74-64(91)48(22-17-34-72-69(71)96)76-65(92)51-24-19-36-81(51)67(94)49(29-32-57(87)88)75-53(83)33-37-82-54(84)30-31-55(82)85/h14-16,20-21,25-28,30-31,40-44,48-52,58-62,89H,13,17-19,22-24,29,32-39H2,1-12H3,(H,73,90)(H,74,91)(H,75,83)(H,76,92)(H,77,93)(H,87,88)(H3,71,72,96)/t42-,43+,44+,48-,49-,50-,51-,52+,58-,59-,60-,61+,62+/m0/s1. The van der Waals surface area contributed by atoms with Crippen molar-refractivity contribution in [1.29, 1.82) is 0 Å². The first-order valence-corrected chi connectivity index (χ1v) is 34.3. The van der Waals surface area contributed by atoms with Gasteiger partial charge in [0.05, 0.1) is 48.8 Å². The number of carboxylic acid groups (broad SMARTS) is 1. The molecule has 0 unspecified atom stereocenters. The Balaban J connectivity index is 1.20. The van der Waals surface area contributed by atoms with Gasteiger partial charge in [0.15, 0.2) is 0 Å². The fourth-order valence-corrected chi connectivity index (χ4v) is 13.1. The zero-order valence-corrected chi connectivity index (χ0v) is 59.6. The average Bonchev–Trinajstić information content (AvgIpc) is 1.84. The lowest BCUT2D eigenvalue weighted by Crippen LogP contribution is -2.60. The highest BCUT2D eigenvalue weighted by Crippen LogP contribution is 2.31. The van der Waals surface area contributed by atoms with E-state index in [2.05, 4.69) is 31.9 Å². The Hall–Kier alpha value is -9.03. The highest BCUT2D eigenvalue weighted by Gasteiger charge is 2.45. The number of nitrogens with two attached hydrogens (primary N) is 1. The normalized spacial score (nSPS) is 18.5. The Morgan fingerprint density at radius 1 is 0.720 bits per heavy atom. The van der Waals surface area contributed by atoms with E-state index >= 15 is 0 Å². The second kappa shape index (κ2) is 39.1. The van der Waals surface area contributed by atoms with Crippen LogP contribution < -0.4 is 37.6 Å². The molecule has 5 rings (SSSR count). The third-order valence-electron chi connectivity index (χ3n) is 18.8. The van der Waals surface area contributed by atoms with Gasteiger partial charge in [-0.25, -0.2) is 9.59 Å². The van der Waals surface area contributed by atoms with E-state index in [1.165, 1.54) is 43.2 Å². The van der Waals surface area contributed by atoms with E-state index in [1.807, 2.05) is 32.0 Å². The van der Waals surface area contributed by atoms with E-state index in [1.54, 1.807) is 77.8 Å². The summed E-state index contributed by atoms with van der Waals surface area (Å²) in [6, 6.07) is 6.70. The van der Waals surface area contributed by atoms with Gasteiger partial charge in [0.1, 0.15) is 36.8 Å². The molecule has 0 spiro atoms. The lowest BCUT2D eigenvalue weighted by molar-refractivity contribution is -0.148. The van der Waals surface area contributed by atoms with Crippen LogP contribution in [0.1, 0.15) is 143 Å². The molecule has 13 amide bonds. The average molecular weight is 1400 g/mol. The summed E-state index contributed by atoms with van der Waals surface area (Å²) in [5.74, 6) is -8.86. The van der Waals surface area contributed by atoms with Crippen molar-refractivity contribution in [2.24, 2.45) is 29.4 Å². The highest BCUT2D eigenvalue weighted by molar-refractivity contribution is 6.13. The number of rotatable bonds is 38. The SMILES string of the molecule is CC[C@H](C)[C@@H]([C@@H](CC(=O)N1CCC[C@H]1[C@H](OC)[C@@H](C)C(=O)N[C@H](C)[C@@H](O)c1ccccc1)OC)N(C)C(=O)[C@@H](NC(=O)[C@H](C(C)C)N(C)C(=O)OCc1ccc(NC(=O)[C@H](CCCNC(N)=O)NC(=O)[C@@H]2CCCN2C(=O)[C@H](CCC(=O)O)NC(=O)CCN2C(=O)C=CC2=O)cc1)C(C)C. The molecule has 2 aromatic carbocycles. The number of ether oxygens (including phenoxy) is 3. The molecule has 30 nitrogen and oxygen atoms in total. The van der Waals surface area contributed by atoms with Crippen LogP contribution in [0.25, 0.3) is 0 Å². The topological polar surface area (TPSA) is 404 Å². The largest absolute Gasteiger partial charge is 0.481 e. The number of primary amides is 1. The van der Waals surface area contributed by atoms with Crippen LogP contribution >= 0.6 is 0 Å².